The van der Waals surface area contributed by atoms with E-state index in [1.807, 2.05) is 42.5 Å². The van der Waals surface area contributed by atoms with Gasteiger partial charge >= 0.3 is 21.1 Å². The van der Waals surface area contributed by atoms with Gasteiger partial charge in [-0.1, -0.05) is 89.4 Å². The summed E-state index contributed by atoms with van der Waals surface area (Å²) in [5.74, 6) is 2.65. The fraction of sp³-hybridized carbons (Fsp3) is 0.243. The summed E-state index contributed by atoms with van der Waals surface area (Å²) in [4.78, 5) is 12.4. The van der Waals surface area contributed by atoms with Gasteiger partial charge in [-0.15, -0.1) is 70.8 Å². The maximum atomic E-state index is 5.15. The number of pyridine rings is 2. The van der Waals surface area contributed by atoms with Crippen molar-refractivity contribution >= 4 is 17.3 Å². The van der Waals surface area contributed by atoms with Crippen molar-refractivity contribution in [2.75, 3.05) is 4.90 Å². The molecule has 2 heterocycles. The normalized spacial score (nSPS) is 11.6. The number of hydrogen-bond acceptors (Lipinski definition) is 3. The molecule has 4 heteroatoms. The third-order valence-electron chi connectivity index (χ3n) is 7.78. The molecular weight excluding hydrogens is 682 g/mol. The Morgan fingerprint density at radius 1 is 0.634 bits per heavy atom. The average Bonchev–Trinajstić information content (AvgIpc) is 3.02. The Morgan fingerprint density at radius 3 is 1.71 bits per heavy atom. The summed E-state index contributed by atoms with van der Waals surface area (Å²) in [6.07, 6.45) is 3.34. The third kappa shape index (κ3) is 7.03. The summed E-state index contributed by atoms with van der Waals surface area (Å²) in [5.41, 5.74) is 7.46. The second kappa shape index (κ2) is 14.4. The molecule has 2 aromatic heterocycles. The third-order valence-corrected chi connectivity index (χ3v) is 7.78. The standard InChI is InChI=1S/C37H37N3.Pt/c1-5-27(4)29-15-11-17-31(25-29)34-21-13-23-36(38-34)40(33-19-9-8-10-20-33)37-24-14-22-35(39-37)32-18-12-16-30(26-32)28(6-2)7-3;/h8-16,19-28H,5-7H2,1-4H3;/q-2;+2. The Balaban J connectivity index is 0.00000387. The van der Waals surface area contributed by atoms with Gasteiger partial charge in [-0.2, -0.15) is 0 Å². The van der Waals surface area contributed by atoms with E-state index in [2.05, 4.69) is 105 Å². The van der Waals surface area contributed by atoms with Crippen LogP contribution in [0, 0.1) is 12.1 Å². The second-order valence-electron chi connectivity index (χ2n) is 10.3. The zero-order valence-electron chi connectivity index (χ0n) is 24.2. The first-order chi connectivity index (χ1) is 19.6. The summed E-state index contributed by atoms with van der Waals surface area (Å²) in [7, 11) is 0. The van der Waals surface area contributed by atoms with Crippen molar-refractivity contribution in [3.8, 4) is 22.5 Å². The molecule has 0 bridgehead atoms. The first-order valence-electron chi connectivity index (χ1n) is 14.4. The molecule has 0 aliphatic carbocycles. The van der Waals surface area contributed by atoms with Gasteiger partial charge in [-0.3, -0.25) is 14.9 Å². The van der Waals surface area contributed by atoms with Gasteiger partial charge in [0.2, 0.25) is 0 Å². The van der Waals surface area contributed by atoms with Gasteiger partial charge < -0.3 is 0 Å². The molecular formula is C37H37N3Pt. The monoisotopic (exact) mass is 718 g/mol. The molecule has 3 nitrogen and oxygen atoms in total. The molecule has 0 saturated carbocycles. The van der Waals surface area contributed by atoms with Crippen LogP contribution in [0.25, 0.3) is 22.5 Å². The van der Waals surface area contributed by atoms with Crippen LogP contribution >= 0.6 is 0 Å². The van der Waals surface area contributed by atoms with Crippen LogP contribution in [0.5, 0.6) is 0 Å². The molecule has 1 atom stereocenters. The SMILES string of the molecule is CCC(C)c1cc[c-]c(-c2cccc(N(c3ccccc3)c3cccc(-c4[c-]ccc(C(CC)CC)c4)n3)n2)c1.[Pt+2]. The Hall–Kier alpha value is -3.55. The van der Waals surface area contributed by atoms with Gasteiger partial charge in [-0.25, -0.2) is 0 Å². The van der Waals surface area contributed by atoms with E-state index in [1.165, 1.54) is 11.1 Å². The van der Waals surface area contributed by atoms with Crippen LogP contribution in [0.3, 0.4) is 0 Å². The van der Waals surface area contributed by atoms with E-state index in [-0.39, 0.29) is 21.1 Å². The van der Waals surface area contributed by atoms with Crippen LogP contribution in [0.1, 0.15) is 69.9 Å². The number of aromatic nitrogens is 2. The smallest absolute Gasteiger partial charge is 0.280 e. The van der Waals surface area contributed by atoms with Crippen molar-refractivity contribution < 1.29 is 21.1 Å². The maximum Gasteiger partial charge on any atom is 2.00 e. The molecule has 41 heavy (non-hydrogen) atoms. The minimum atomic E-state index is 0. The molecule has 1 unspecified atom stereocenters. The van der Waals surface area contributed by atoms with E-state index in [1.54, 1.807) is 0 Å². The van der Waals surface area contributed by atoms with Gasteiger partial charge in [0.25, 0.3) is 0 Å². The molecule has 210 valence electrons. The maximum absolute atomic E-state index is 5.15. The Kier molecular flexibility index (Phi) is 10.7. The van der Waals surface area contributed by atoms with E-state index in [4.69, 9.17) is 9.97 Å². The molecule has 3 aromatic carbocycles. The number of hydrogen-bond donors (Lipinski definition) is 0. The quantitative estimate of drug-likeness (QED) is 0.135. The van der Waals surface area contributed by atoms with Crippen molar-refractivity contribution in [2.24, 2.45) is 0 Å². The summed E-state index contributed by atoms with van der Waals surface area (Å²) < 4.78 is 0. The second-order valence-corrected chi connectivity index (χ2v) is 10.3. The van der Waals surface area contributed by atoms with Crippen molar-refractivity contribution in [1.82, 2.24) is 9.97 Å². The number of para-hydroxylation sites is 1. The predicted molar refractivity (Wildman–Crippen MR) is 167 cm³/mol. The van der Waals surface area contributed by atoms with E-state index in [0.29, 0.717) is 11.8 Å². The zero-order valence-corrected chi connectivity index (χ0v) is 26.5. The fourth-order valence-corrected chi connectivity index (χ4v) is 5.17. The first kappa shape index (κ1) is 30.4. The van der Waals surface area contributed by atoms with Crippen LogP contribution in [-0.4, -0.2) is 9.97 Å². The van der Waals surface area contributed by atoms with E-state index in [0.717, 1.165) is 59.1 Å². The van der Waals surface area contributed by atoms with Gasteiger partial charge in [0, 0.05) is 5.69 Å². The van der Waals surface area contributed by atoms with Crippen LogP contribution < -0.4 is 4.90 Å². The van der Waals surface area contributed by atoms with Crippen molar-refractivity contribution in [2.45, 2.75) is 58.8 Å². The van der Waals surface area contributed by atoms with E-state index >= 15 is 0 Å². The molecule has 0 radical (unpaired) electrons. The number of nitrogens with zero attached hydrogens (tertiary/aromatic N) is 3. The van der Waals surface area contributed by atoms with Crippen molar-refractivity contribution in [3.63, 3.8) is 0 Å². The molecule has 0 aliphatic rings. The van der Waals surface area contributed by atoms with Crippen molar-refractivity contribution in [1.29, 1.82) is 0 Å². The van der Waals surface area contributed by atoms with Crippen molar-refractivity contribution in [3.05, 3.63) is 126 Å². The van der Waals surface area contributed by atoms with Crippen LogP contribution in [0.4, 0.5) is 17.3 Å². The average molecular weight is 719 g/mol. The zero-order chi connectivity index (χ0) is 27.9. The molecule has 0 saturated heterocycles. The molecule has 0 fully saturated rings. The van der Waals surface area contributed by atoms with Gasteiger partial charge in [0.15, 0.2) is 0 Å². The summed E-state index contributed by atoms with van der Waals surface area (Å²) in [5, 5.41) is 0. The topological polar surface area (TPSA) is 29.0 Å². The molecule has 0 spiro atoms. The Labute approximate surface area is 260 Å². The molecule has 0 amide bonds. The minimum absolute atomic E-state index is 0. The Bertz CT molecular complexity index is 1550. The number of rotatable bonds is 10. The summed E-state index contributed by atoms with van der Waals surface area (Å²) >= 11 is 0. The number of benzene rings is 3. The van der Waals surface area contributed by atoms with Gasteiger partial charge in [0.1, 0.15) is 11.6 Å². The summed E-state index contributed by atoms with van der Waals surface area (Å²) in [6.45, 7) is 8.98. The van der Waals surface area contributed by atoms with Crippen LogP contribution in [0.2, 0.25) is 0 Å². The van der Waals surface area contributed by atoms with E-state index in [9.17, 15) is 0 Å². The Morgan fingerprint density at radius 2 is 1.17 bits per heavy atom. The molecule has 5 rings (SSSR count). The fourth-order valence-electron chi connectivity index (χ4n) is 5.17. The minimum Gasteiger partial charge on any atom is -0.280 e. The predicted octanol–water partition coefficient (Wildman–Crippen LogP) is 10.3. The van der Waals surface area contributed by atoms with E-state index < -0.39 is 0 Å². The molecule has 0 aliphatic heterocycles. The molecule has 5 aromatic rings. The summed E-state index contributed by atoms with van der Waals surface area (Å²) in [6, 6.07) is 42.3. The molecule has 0 N–H and O–H groups in total. The largest absolute Gasteiger partial charge is 2.00 e. The van der Waals surface area contributed by atoms with Crippen LogP contribution in [-0.2, 0) is 21.1 Å². The van der Waals surface area contributed by atoms with Gasteiger partial charge in [0.05, 0.1) is 0 Å². The number of anilines is 3. The van der Waals surface area contributed by atoms with Crippen LogP contribution in [0.15, 0.2) is 103 Å². The van der Waals surface area contributed by atoms with Gasteiger partial charge in [-0.05, 0) is 47.5 Å². The first-order valence-corrected chi connectivity index (χ1v) is 14.4.